The minimum Gasteiger partial charge on any atom is -0.480 e. The molecule has 0 aliphatic heterocycles. The molecule has 4 N–H and O–H groups in total. The number of aliphatic hydroxyl groups is 1. The highest BCUT2D eigenvalue weighted by Gasteiger charge is 2.27. The fraction of sp³-hybridized carbons (Fsp3) is 0.240. The van der Waals surface area contributed by atoms with E-state index >= 15 is 8.78 Å². The number of benzene rings is 2. The first-order chi connectivity index (χ1) is 18.5. The number of fused-ring (bicyclic) bond motifs is 1. The van der Waals surface area contributed by atoms with Crippen molar-refractivity contribution in [3.63, 3.8) is 0 Å². The predicted octanol–water partition coefficient (Wildman–Crippen LogP) is 3.52. The SMILES string of the molecule is CCc1cnc(OC)c(S(=O)(=O)Nc2ccc(F)c(-c3ccc4c(C(=O)NC(C)CO)[nH]nc4c3F)c2F)c1. The van der Waals surface area contributed by atoms with E-state index in [0.29, 0.717) is 12.0 Å². The van der Waals surface area contributed by atoms with Crippen LogP contribution in [0.5, 0.6) is 5.88 Å². The molecule has 2 aromatic heterocycles. The summed E-state index contributed by atoms with van der Waals surface area (Å²) in [6.07, 6.45) is 1.90. The summed E-state index contributed by atoms with van der Waals surface area (Å²) in [6.45, 7) is 3.01. The molecule has 0 saturated heterocycles. The van der Waals surface area contributed by atoms with Gasteiger partial charge >= 0.3 is 0 Å². The quantitative estimate of drug-likeness (QED) is 0.244. The number of hydrogen-bond acceptors (Lipinski definition) is 7. The first-order valence-corrected chi connectivity index (χ1v) is 13.1. The Hall–Kier alpha value is -4.17. The highest BCUT2D eigenvalue weighted by molar-refractivity contribution is 7.92. The standard InChI is InChI=1S/C25H24F3N5O5S/c1-4-13-9-18(25(38-3)29-10-13)39(36,37)33-17-8-7-16(26)19(21(17)28)14-5-6-15-22(20(14)27)31-32-23(15)24(35)30-12(2)11-34/h5-10,12,33-34H,4,11H2,1-3H3,(H,30,35)(H,31,32). The number of anilines is 1. The summed E-state index contributed by atoms with van der Waals surface area (Å²) < 4.78 is 79.2. The number of halogens is 3. The molecule has 1 amide bonds. The summed E-state index contributed by atoms with van der Waals surface area (Å²) in [5.74, 6) is -4.58. The zero-order chi connectivity index (χ0) is 28.5. The van der Waals surface area contributed by atoms with Crippen molar-refractivity contribution in [3.8, 4) is 17.0 Å². The molecule has 4 rings (SSSR count). The number of aliphatic hydroxyl groups excluding tert-OH is 1. The molecule has 206 valence electrons. The van der Waals surface area contributed by atoms with Crippen LogP contribution in [0.25, 0.3) is 22.0 Å². The number of amides is 1. The Bertz CT molecular complexity index is 1680. The molecule has 0 bridgehead atoms. The van der Waals surface area contributed by atoms with Crippen molar-refractivity contribution in [1.29, 1.82) is 0 Å². The molecule has 0 saturated carbocycles. The van der Waals surface area contributed by atoms with E-state index in [4.69, 9.17) is 9.84 Å². The maximum absolute atomic E-state index is 15.6. The summed E-state index contributed by atoms with van der Waals surface area (Å²) in [5.41, 5.74) is -1.95. The van der Waals surface area contributed by atoms with Crippen molar-refractivity contribution in [2.75, 3.05) is 18.4 Å². The van der Waals surface area contributed by atoms with Gasteiger partial charge in [-0.25, -0.2) is 26.6 Å². The van der Waals surface area contributed by atoms with Crippen LogP contribution in [-0.4, -0.2) is 54.4 Å². The topological polar surface area (TPSA) is 146 Å². The van der Waals surface area contributed by atoms with Crippen LogP contribution in [0, 0.1) is 17.5 Å². The third kappa shape index (κ3) is 5.25. The van der Waals surface area contributed by atoms with Crippen LogP contribution in [0.1, 0.15) is 29.9 Å². The second kappa shape index (κ2) is 10.9. The summed E-state index contributed by atoms with van der Waals surface area (Å²) >= 11 is 0. The van der Waals surface area contributed by atoms with Gasteiger partial charge in [0.05, 0.1) is 25.0 Å². The number of carbonyl (C=O) groups is 1. The van der Waals surface area contributed by atoms with Crippen molar-refractivity contribution >= 4 is 32.5 Å². The minimum absolute atomic E-state index is 0.0342. The summed E-state index contributed by atoms with van der Waals surface area (Å²) in [7, 11) is -3.24. The maximum Gasteiger partial charge on any atom is 0.270 e. The van der Waals surface area contributed by atoms with Gasteiger partial charge in [0.15, 0.2) is 11.6 Å². The van der Waals surface area contributed by atoms with E-state index in [2.05, 4.69) is 25.2 Å². The van der Waals surface area contributed by atoms with Gasteiger partial charge in [0.1, 0.15) is 21.9 Å². The molecule has 0 spiro atoms. The van der Waals surface area contributed by atoms with Crippen molar-refractivity contribution in [3.05, 3.63) is 65.2 Å². The lowest BCUT2D eigenvalue weighted by molar-refractivity contribution is 0.0919. The zero-order valence-corrected chi connectivity index (χ0v) is 21.8. The number of nitrogens with one attached hydrogen (secondary N) is 3. The number of aromatic nitrogens is 3. The number of hydrogen-bond donors (Lipinski definition) is 4. The number of aryl methyl sites for hydroxylation is 1. The Morgan fingerprint density at radius 3 is 2.59 bits per heavy atom. The Labute approximate surface area is 221 Å². The number of H-pyrrole nitrogens is 1. The van der Waals surface area contributed by atoms with Gasteiger partial charge in [-0.2, -0.15) is 5.10 Å². The molecule has 0 aliphatic rings. The highest BCUT2D eigenvalue weighted by atomic mass is 32.2. The van der Waals surface area contributed by atoms with E-state index in [1.807, 2.05) is 0 Å². The normalized spacial score (nSPS) is 12.4. The van der Waals surface area contributed by atoms with Crippen molar-refractivity contribution in [2.24, 2.45) is 0 Å². The molecule has 14 heteroatoms. The first-order valence-electron chi connectivity index (χ1n) is 11.6. The largest absolute Gasteiger partial charge is 0.480 e. The number of pyridine rings is 1. The van der Waals surface area contributed by atoms with E-state index in [1.54, 1.807) is 13.8 Å². The molecule has 1 unspecified atom stereocenters. The molecule has 10 nitrogen and oxygen atoms in total. The van der Waals surface area contributed by atoms with Gasteiger partial charge in [-0.05, 0) is 43.2 Å². The predicted molar refractivity (Wildman–Crippen MR) is 136 cm³/mol. The number of carbonyl (C=O) groups excluding carboxylic acids is 1. The van der Waals surface area contributed by atoms with Gasteiger partial charge in [0.25, 0.3) is 15.9 Å². The Kier molecular flexibility index (Phi) is 7.79. The second-order valence-electron chi connectivity index (χ2n) is 8.57. The average Bonchev–Trinajstić information content (AvgIpc) is 3.36. The minimum atomic E-state index is -4.46. The van der Waals surface area contributed by atoms with Crippen LogP contribution in [0.15, 0.2) is 41.4 Å². The van der Waals surface area contributed by atoms with Gasteiger partial charge in [-0.1, -0.05) is 13.0 Å². The summed E-state index contributed by atoms with van der Waals surface area (Å²) in [5, 5.41) is 17.8. The smallest absolute Gasteiger partial charge is 0.270 e. The average molecular weight is 564 g/mol. The number of ether oxygens (including phenoxy) is 1. The van der Waals surface area contributed by atoms with E-state index in [0.717, 1.165) is 18.2 Å². The molecule has 0 fully saturated rings. The monoisotopic (exact) mass is 563 g/mol. The van der Waals surface area contributed by atoms with E-state index in [9.17, 15) is 17.6 Å². The molecule has 2 aromatic carbocycles. The third-order valence-electron chi connectivity index (χ3n) is 5.91. The zero-order valence-electron chi connectivity index (χ0n) is 21.0. The van der Waals surface area contributed by atoms with E-state index in [1.165, 1.54) is 25.4 Å². The number of sulfonamides is 1. The molecular formula is C25H24F3N5O5S. The molecule has 0 radical (unpaired) electrons. The summed E-state index contributed by atoms with van der Waals surface area (Å²) in [4.78, 5) is 16.0. The molecule has 39 heavy (non-hydrogen) atoms. The number of rotatable bonds is 9. The van der Waals surface area contributed by atoms with Crippen LogP contribution < -0.4 is 14.8 Å². The molecular weight excluding hydrogens is 539 g/mol. The lowest BCUT2D eigenvalue weighted by Gasteiger charge is -2.15. The van der Waals surface area contributed by atoms with Gasteiger partial charge in [-0.15, -0.1) is 0 Å². The van der Waals surface area contributed by atoms with Gasteiger partial charge in [0, 0.05) is 23.2 Å². The van der Waals surface area contributed by atoms with Crippen LogP contribution >= 0.6 is 0 Å². The Morgan fingerprint density at radius 1 is 1.18 bits per heavy atom. The molecule has 1 atom stereocenters. The lowest BCUT2D eigenvalue weighted by Crippen LogP contribution is -2.35. The van der Waals surface area contributed by atoms with Crippen LogP contribution in [0.2, 0.25) is 0 Å². The second-order valence-corrected chi connectivity index (χ2v) is 10.2. The van der Waals surface area contributed by atoms with Crippen LogP contribution in [-0.2, 0) is 16.4 Å². The molecule has 4 aromatic rings. The number of nitrogens with zero attached hydrogens (tertiary/aromatic N) is 2. The van der Waals surface area contributed by atoms with Crippen molar-refractivity contribution in [2.45, 2.75) is 31.2 Å². The van der Waals surface area contributed by atoms with E-state index < -0.39 is 56.2 Å². The maximum atomic E-state index is 15.6. The van der Waals surface area contributed by atoms with Gasteiger partial charge in [0.2, 0.25) is 5.88 Å². The van der Waals surface area contributed by atoms with Crippen LogP contribution in [0.4, 0.5) is 18.9 Å². The fourth-order valence-corrected chi connectivity index (χ4v) is 5.07. The van der Waals surface area contributed by atoms with Crippen LogP contribution in [0.3, 0.4) is 0 Å². The first kappa shape index (κ1) is 27.9. The Balaban J connectivity index is 1.77. The molecule has 2 heterocycles. The molecule has 0 aliphatic carbocycles. The van der Waals surface area contributed by atoms with Gasteiger partial charge < -0.3 is 15.2 Å². The van der Waals surface area contributed by atoms with Gasteiger partial charge in [-0.3, -0.25) is 14.6 Å². The fourth-order valence-electron chi connectivity index (χ4n) is 3.85. The number of methoxy groups -OCH3 is 1. The van der Waals surface area contributed by atoms with Crippen molar-refractivity contribution in [1.82, 2.24) is 20.5 Å². The number of aromatic amines is 1. The lowest BCUT2D eigenvalue weighted by atomic mass is 10.0. The van der Waals surface area contributed by atoms with Crippen molar-refractivity contribution < 1.29 is 36.2 Å². The summed E-state index contributed by atoms with van der Waals surface area (Å²) in [6, 6.07) is 4.68. The van der Waals surface area contributed by atoms with E-state index in [-0.39, 0.29) is 34.0 Å². The third-order valence-corrected chi connectivity index (χ3v) is 7.27. The highest BCUT2D eigenvalue weighted by Crippen LogP contribution is 2.36. The Morgan fingerprint density at radius 2 is 1.92 bits per heavy atom.